The first-order valence-electron chi connectivity index (χ1n) is 11.5. The van der Waals surface area contributed by atoms with E-state index in [2.05, 4.69) is 21.2 Å². The first kappa shape index (κ1) is 24.9. The lowest BCUT2D eigenvalue weighted by molar-refractivity contribution is -0.122. The highest BCUT2D eigenvalue weighted by atomic mass is 79.9. The van der Waals surface area contributed by atoms with Gasteiger partial charge in [-0.2, -0.15) is 0 Å². The van der Waals surface area contributed by atoms with Gasteiger partial charge in [0.2, 0.25) is 0 Å². The molecule has 2 N–H and O–H groups in total. The van der Waals surface area contributed by atoms with Crippen molar-refractivity contribution in [2.75, 3.05) is 4.90 Å². The van der Waals surface area contributed by atoms with Crippen molar-refractivity contribution in [1.82, 2.24) is 5.32 Å². The Kier molecular flexibility index (Phi) is 6.76. The van der Waals surface area contributed by atoms with Crippen molar-refractivity contribution in [2.45, 2.75) is 6.61 Å². The average Bonchev–Trinajstić information content (AvgIpc) is 2.91. The van der Waals surface area contributed by atoms with Gasteiger partial charge in [-0.3, -0.25) is 14.9 Å². The Labute approximate surface area is 225 Å². The number of carboxylic acids is 1. The lowest BCUT2D eigenvalue weighted by atomic mass is 9.99. The topological polar surface area (TPSA) is 113 Å². The van der Waals surface area contributed by atoms with Crippen LogP contribution in [-0.4, -0.2) is 28.9 Å². The second-order valence-electron chi connectivity index (χ2n) is 8.42. The molecule has 1 aliphatic heterocycles. The number of fused-ring (bicyclic) bond motifs is 1. The number of hydrogen-bond donors (Lipinski definition) is 2. The number of aromatic carboxylic acids is 1. The van der Waals surface area contributed by atoms with Crippen LogP contribution in [0.25, 0.3) is 16.8 Å². The molecule has 1 aliphatic rings. The third-order valence-electron chi connectivity index (χ3n) is 6.00. The fourth-order valence-electron chi connectivity index (χ4n) is 4.08. The van der Waals surface area contributed by atoms with Crippen LogP contribution in [0.3, 0.4) is 0 Å². The molecule has 1 saturated heterocycles. The number of nitrogens with one attached hydrogen (secondary N) is 1. The number of urea groups is 1. The molecule has 0 saturated carbocycles. The molecule has 0 unspecified atom stereocenters. The van der Waals surface area contributed by atoms with Crippen molar-refractivity contribution >= 4 is 62.3 Å². The van der Waals surface area contributed by atoms with Crippen LogP contribution in [0.2, 0.25) is 0 Å². The number of halogens is 1. The maximum atomic E-state index is 13.4. The van der Waals surface area contributed by atoms with E-state index < -0.39 is 23.8 Å². The van der Waals surface area contributed by atoms with Gasteiger partial charge in [0.1, 0.15) is 17.9 Å². The molecule has 0 spiro atoms. The molecular weight excluding hydrogens is 552 g/mol. The summed E-state index contributed by atoms with van der Waals surface area (Å²) >= 11 is 3.41. The fourth-order valence-corrected chi connectivity index (χ4v) is 4.35. The minimum atomic E-state index is -1.15. The molecule has 8 nitrogen and oxygen atoms in total. The molecule has 0 aliphatic carbocycles. The van der Waals surface area contributed by atoms with Crippen molar-refractivity contribution in [3.05, 3.63) is 112 Å². The Bertz CT molecular complexity index is 1630. The van der Waals surface area contributed by atoms with E-state index in [1.165, 1.54) is 30.3 Å². The molecular formula is C29H19BrN2O6. The smallest absolute Gasteiger partial charge is 0.335 e. The van der Waals surface area contributed by atoms with Gasteiger partial charge in [0, 0.05) is 10.0 Å². The van der Waals surface area contributed by atoms with Crippen molar-refractivity contribution in [3.8, 4) is 5.75 Å². The molecule has 4 aromatic rings. The second kappa shape index (κ2) is 10.3. The summed E-state index contributed by atoms with van der Waals surface area (Å²) in [6.45, 7) is 0.252. The van der Waals surface area contributed by atoms with Crippen LogP contribution in [0, 0.1) is 0 Å². The van der Waals surface area contributed by atoms with E-state index in [1.807, 2.05) is 54.6 Å². The molecule has 188 valence electrons. The van der Waals surface area contributed by atoms with Gasteiger partial charge in [0.05, 0.1) is 11.3 Å². The number of anilines is 1. The van der Waals surface area contributed by atoms with Crippen molar-refractivity contribution in [3.63, 3.8) is 0 Å². The number of carbonyl (C=O) groups is 4. The van der Waals surface area contributed by atoms with Gasteiger partial charge in [-0.05, 0) is 64.9 Å². The zero-order valence-corrected chi connectivity index (χ0v) is 21.3. The van der Waals surface area contributed by atoms with E-state index in [1.54, 1.807) is 6.07 Å². The SMILES string of the molecule is O=C1NC(=O)N(c2ccc(C(=O)O)cc2)C(=O)/C1=C/c1c(OCc2ccc(Br)cc2)ccc2ccccc12. The van der Waals surface area contributed by atoms with Gasteiger partial charge < -0.3 is 9.84 Å². The molecule has 4 amide bonds. The molecule has 0 aromatic heterocycles. The van der Waals surface area contributed by atoms with Gasteiger partial charge in [-0.15, -0.1) is 0 Å². The molecule has 4 aromatic carbocycles. The van der Waals surface area contributed by atoms with Gasteiger partial charge in [-0.1, -0.05) is 58.4 Å². The molecule has 5 rings (SSSR count). The lowest BCUT2D eigenvalue weighted by Crippen LogP contribution is -2.54. The van der Waals surface area contributed by atoms with Gasteiger partial charge in [0.15, 0.2) is 0 Å². The summed E-state index contributed by atoms with van der Waals surface area (Å²) in [7, 11) is 0. The summed E-state index contributed by atoms with van der Waals surface area (Å²) in [5, 5.41) is 13.0. The lowest BCUT2D eigenvalue weighted by Gasteiger charge is -2.26. The highest BCUT2D eigenvalue weighted by molar-refractivity contribution is 9.10. The summed E-state index contributed by atoms with van der Waals surface area (Å²) in [5.41, 5.74) is 1.29. The number of amides is 4. The molecule has 9 heteroatoms. The maximum absolute atomic E-state index is 13.4. The largest absolute Gasteiger partial charge is 0.488 e. The number of imide groups is 2. The number of benzene rings is 4. The van der Waals surface area contributed by atoms with Crippen LogP contribution in [0.15, 0.2) is 95.0 Å². The second-order valence-corrected chi connectivity index (χ2v) is 9.34. The van der Waals surface area contributed by atoms with Gasteiger partial charge in [-0.25, -0.2) is 14.5 Å². The van der Waals surface area contributed by atoms with Crippen molar-refractivity contribution < 1.29 is 29.0 Å². The van der Waals surface area contributed by atoms with Crippen LogP contribution >= 0.6 is 15.9 Å². The van der Waals surface area contributed by atoms with E-state index in [-0.39, 0.29) is 23.4 Å². The quantitative estimate of drug-likeness (QED) is 0.232. The number of nitrogens with zero attached hydrogens (tertiary/aromatic N) is 1. The molecule has 0 radical (unpaired) electrons. The summed E-state index contributed by atoms with van der Waals surface area (Å²) in [6, 6.07) is 23.1. The highest BCUT2D eigenvalue weighted by Gasteiger charge is 2.37. The number of hydrogen-bond acceptors (Lipinski definition) is 5. The minimum Gasteiger partial charge on any atom is -0.488 e. The van der Waals surface area contributed by atoms with Gasteiger partial charge in [0.25, 0.3) is 11.8 Å². The van der Waals surface area contributed by atoms with Crippen LogP contribution in [0.1, 0.15) is 21.5 Å². The van der Waals surface area contributed by atoms with E-state index in [4.69, 9.17) is 9.84 Å². The van der Waals surface area contributed by atoms with E-state index in [0.29, 0.717) is 11.3 Å². The van der Waals surface area contributed by atoms with E-state index in [9.17, 15) is 19.2 Å². The number of carboxylic acid groups (broad SMARTS) is 1. The van der Waals surface area contributed by atoms with Crippen LogP contribution in [0.5, 0.6) is 5.75 Å². The average molecular weight is 571 g/mol. The first-order valence-corrected chi connectivity index (χ1v) is 12.2. The predicted octanol–water partition coefficient (Wildman–Crippen LogP) is 5.55. The van der Waals surface area contributed by atoms with E-state index in [0.717, 1.165) is 25.7 Å². The molecule has 0 atom stereocenters. The standard InChI is InChI=1S/C29H19BrN2O6/c30-20-10-5-17(6-11-20)16-38-25-14-9-18-3-1-2-4-22(18)23(25)15-24-26(33)31-29(37)32(27(24)34)21-12-7-19(8-13-21)28(35)36/h1-15H,16H2,(H,35,36)(H,31,33,37)/b24-15+. The van der Waals surface area contributed by atoms with Crippen molar-refractivity contribution in [2.24, 2.45) is 0 Å². The monoisotopic (exact) mass is 570 g/mol. The Morgan fingerprint density at radius 3 is 2.34 bits per heavy atom. The maximum Gasteiger partial charge on any atom is 0.335 e. The Morgan fingerprint density at radius 2 is 1.63 bits per heavy atom. The highest BCUT2D eigenvalue weighted by Crippen LogP contribution is 2.32. The zero-order valence-electron chi connectivity index (χ0n) is 19.7. The Balaban J connectivity index is 1.55. The summed E-state index contributed by atoms with van der Waals surface area (Å²) < 4.78 is 7.05. The Morgan fingerprint density at radius 1 is 0.921 bits per heavy atom. The number of ether oxygens (including phenoxy) is 1. The minimum absolute atomic E-state index is 0.00576. The molecule has 1 heterocycles. The van der Waals surface area contributed by atoms with Crippen LogP contribution in [0.4, 0.5) is 10.5 Å². The van der Waals surface area contributed by atoms with Crippen molar-refractivity contribution in [1.29, 1.82) is 0 Å². The first-order chi connectivity index (χ1) is 18.3. The third-order valence-corrected chi connectivity index (χ3v) is 6.53. The number of barbiturate groups is 1. The molecule has 1 fully saturated rings. The molecule has 38 heavy (non-hydrogen) atoms. The van der Waals surface area contributed by atoms with E-state index >= 15 is 0 Å². The Hall–Kier alpha value is -4.76. The fraction of sp³-hybridized carbons (Fsp3) is 0.0345. The third kappa shape index (κ3) is 4.91. The molecule has 0 bridgehead atoms. The number of carbonyl (C=O) groups excluding carboxylic acids is 3. The summed E-state index contributed by atoms with van der Waals surface area (Å²) in [5.74, 6) is -2.37. The van der Waals surface area contributed by atoms with Crippen LogP contribution in [-0.2, 0) is 16.2 Å². The number of rotatable bonds is 6. The summed E-state index contributed by atoms with van der Waals surface area (Å²) in [6.07, 6.45) is 1.42. The zero-order chi connectivity index (χ0) is 26.8. The predicted molar refractivity (Wildman–Crippen MR) is 145 cm³/mol. The van der Waals surface area contributed by atoms with Gasteiger partial charge >= 0.3 is 12.0 Å². The normalized spacial score (nSPS) is 14.6. The van der Waals surface area contributed by atoms with Crippen LogP contribution < -0.4 is 15.0 Å². The summed E-state index contributed by atoms with van der Waals surface area (Å²) in [4.78, 5) is 50.9.